The predicted molar refractivity (Wildman–Crippen MR) is 124 cm³/mol. The highest BCUT2D eigenvalue weighted by Gasteiger charge is 2.49. The molecule has 2 N–H and O–H groups in total. The Morgan fingerprint density at radius 2 is 1.81 bits per heavy atom. The van der Waals surface area contributed by atoms with Crippen molar-refractivity contribution in [2.75, 3.05) is 14.2 Å². The minimum Gasteiger partial charge on any atom is -0.467 e. The van der Waals surface area contributed by atoms with Gasteiger partial charge in [0.25, 0.3) is 0 Å². The van der Waals surface area contributed by atoms with Crippen LogP contribution < -0.4 is 10.1 Å². The topological polar surface area (TPSA) is 91.2 Å². The zero-order valence-electron chi connectivity index (χ0n) is 18.3. The third-order valence-electron chi connectivity index (χ3n) is 6.44. The Morgan fingerprint density at radius 3 is 2.44 bits per heavy atom. The van der Waals surface area contributed by atoms with E-state index in [0.29, 0.717) is 11.9 Å². The van der Waals surface area contributed by atoms with Gasteiger partial charge in [0.2, 0.25) is 5.91 Å². The Balaban J connectivity index is 1.53. The summed E-state index contributed by atoms with van der Waals surface area (Å²) >= 11 is 1.56. The molecule has 0 spiro atoms. The molecule has 3 aromatic rings. The summed E-state index contributed by atoms with van der Waals surface area (Å²) in [6, 6.07) is 10.8. The molecular formula is C24H25N5O2S. The average Bonchev–Trinajstić information content (AvgIpc) is 3.53. The lowest BCUT2D eigenvalue weighted by molar-refractivity contribution is -0.131. The second-order valence-electron chi connectivity index (χ2n) is 8.61. The van der Waals surface area contributed by atoms with Crippen LogP contribution in [0.4, 0.5) is 0 Å². The maximum atomic E-state index is 13.4. The van der Waals surface area contributed by atoms with Crippen molar-refractivity contribution in [1.29, 1.82) is 5.41 Å². The number of hydrogen-bond acceptors (Lipinski definition) is 6. The van der Waals surface area contributed by atoms with Gasteiger partial charge in [-0.05, 0) is 53.8 Å². The molecule has 1 aliphatic heterocycles. The van der Waals surface area contributed by atoms with Crippen LogP contribution in [0.2, 0.25) is 0 Å². The SMILES string of the molecule is COc1ncc(-c2csc([C@@]3(C)NC(=N)N(C)C(=O)[C@H]3c3ccc(C4CC4)cc3)c2)cn1. The van der Waals surface area contributed by atoms with E-state index in [1.807, 2.05) is 12.3 Å². The first-order valence-electron chi connectivity index (χ1n) is 10.6. The van der Waals surface area contributed by atoms with Crippen molar-refractivity contribution >= 4 is 23.2 Å². The van der Waals surface area contributed by atoms with Crippen molar-refractivity contribution in [3.8, 4) is 17.1 Å². The fourth-order valence-corrected chi connectivity index (χ4v) is 5.41. The first kappa shape index (κ1) is 20.6. The lowest BCUT2D eigenvalue weighted by atomic mass is 9.76. The van der Waals surface area contributed by atoms with E-state index >= 15 is 0 Å². The van der Waals surface area contributed by atoms with E-state index in [2.05, 4.69) is 45.6 Å². The Morgan fingerprint density at radius 1 is 1.16 bits per heavy atom. The monoisotopic (exact) mass is 447 g/mol. The van der Waals surface area contributed by atoms with E-state index in [0.717, 1.165) is 21.6 Å². The van der Waals surface area contributed by atoms with Gasteiger partial charge in [-0.1, -0.05) is 24.3 Å². The van der Waals surface area contributed by atoms with Crippen LogP contribution in [0.15, 0.2) is 48.1 Å². The van der Waals surface area contributed by atoms with Gasteiger partial charge in [0.15, 0.2) is 5.96 Å². The van der Waals surface area contributed by atoms with E-state index in [-0.39, 0.29) is 11.9 Å². The third kappa shape index (κ3) is 3.44. The maximum absolute atomic E-state index is 13.4. The van der Waals surface area contributed by atoms with Gasteiger partial charge in [0.05, 0.1) is 18.6 Å². The van der Waals surface area contributed by atoms with Crippen molar-refractivity contribution in [1.82, 2.24) is 20.2 Å². The van der Waals surface area contributed by atoms with Crippen LogP contribution >= 0.6 is 11.3 Å². The van der Waals surface area contributed by atoms with E-state index in [9.17, 15) is 4.79 Å². The molecule has 1 aliphatic carbocycles. The summed E-state index contributed by atoms with van der Waals surface area (Å²) in [5.74, 6) is 0.232. The second-order valence-corrected chi connectivity index (χ2v) is 9.52. The Labute approximate surface area is 191 Å². The Kier molecular flexibility index (Phi) is 4.97. The molecule has 0 bridgehead atoms. The van der Waals surface area contributed by atoms with Gasteiger partial charge >= 0.3 is 6.01 Å². The smallest absolute Gasteiger partial charge is 0.316 e. The highest BCUT2D eigenvalue weighted by Crippen LogP contribution is 2.45. The number of methoxy groups -OCH3 is 1. The normalized spacial score (nSPS) is 23.2. The molecule has 8 heteroatoms. The molecule has 5 rings (SSSR count). The van der Waals surface area contributed by atoms with Crippen LogP contribution in [0.1, 0.15) is 47.6 Å². The van der Waals surface area contributed by atoms with Gasteiger partial charge in [0.1, 0.15) is 0 Å². The summed E-state index contributed by atoms with van der Waals surface area (Å²) in [6.07, 6.45) is 5.94. The molecular weight excluding hydrogens is 422 g/mol. The number of carbonyl (C=O) groups excluding carboxylic acids is 1. The number of amides is 1. The van der Waals surface area contributed by atoms with Gasteiger partial charge < -0.3 is 10.1 Å². The quantitative estimate of drug-likeness (QED) is 0.615. The lowest BCUT2D eigenvalue weighted by Gasteiger charge is -2.45. The largest absolute Gasteiger partial charge is 0.467 e. The molecule has 2 aliphatic rings. The lowest BCUT2D eigenvalue weighted by Crippen LogP contribution is -2.62. The van der Waals surface area contributed by atoms with Crippen molar-refractivity contribution in [3.05, 3.63) is 64.1 Å². The Hall–Kier alpha value is -3.26. The number of hydrogen-bond donors (Lipinski definition) is 2. The molecule has 32 heavy (non-hydrogen) atoms. The Bertz CT molecular complexity index is 1170. The predicted octanol–water partition coefficient (Wildman–Crippen LogP) is 4.09. The van der Waals surface area contributed by atoms with Gasteiger partial charge in [-0.2, -0.15) is 0 Å². The second kappa shape index (κ2) is 7.70. The number of nitrogens with one attached hydrogen (secondary N) is 2. The highest BCUT2D eigenvalue weighted by atomic mass is 32.1. The number of rotatable bonds is 5. The molecule has 1 aromatic carbocycles. The van der Waals surface area contributed by atoms with Crippen LogP contribution in [-0.2, 0) is 10.3 Å². The molecule has 0 radical (unpaired) electrons. The number of likely N-dealkylation sites (N-methyl/N-ethyl adjacent to an activating group) is 1. The molecule has 2 atom stereocenters. The van der Waals surface area contributed by atoms with Crippen LogP contribution in [0.5, 0.6) is 6.01 Å². The molecule has 164 valence electrons. The number of thiophene rings is 1. The fraction of sp³-hybridized carbons (Fsp3) is 0.333. The summed E-state index contributed by atoms with van der Waals surface area (Å²) in [6.45, 7) is 2.01. The summed E-state index contributed by atoms with van der Waals surface area (Å²) in [5, 5.41) is 13.7. The van der Waals surface area contributed by atoms with E-state index in [1.165, 1.54) is 30.4 Å². The van der Waals surface area contributed by atoms with Crippen LogP contribution in [0.25, 0.3) is 11.1 Å². The number of aromatic nitrogens is 2. The summed E-state index contributed by atoms with van der Waals surface area (Å²) < 4.78 is 5.05. The summed E-state index contributed by atoms with van der Waals surface area (Å²) in [4.78, 5) is 24.2. The minimum absolute atomic E-state index is 0.0850. The minimum atomic E-state index is -0.752. The van der Waals surface area contributed by atoms with Crippen molar-refractivity contribution < 1.29 is 9.53 Å². The van der Waals surface area contributed by atoms with Crippen molar-refractivity contribution in [2.24, 2.45) is 0 Å². The maximum Gasteiger partial charge on any atom is 0.316 e. The number of benzene rings is 1. The molecule has 0 unspecified atom stereocenters. The summed E-state index contributed by atoms with van der Waals surface area (Å²) in [7, 11) is 3.19. The standard InChI is InChI=1S/C24H25N5O2S/c1-24(19-10-17(13-32-19)18-11-26-23(31-3)27-12-18)20(21(30)29(2)22(25)28-24)16-8-6-15(7-9-16)14-4-5-14/h6-14,20H,4-5H2,1-3H3,(H2,25,28)/t20-,24-/m1/s1. The molecule has 7 nitrogen and oxygen atoms in total. The third-order valence-corrected chi connectivity index (χ3v) is 7.61. The van der Waals surface area contributed by atoms with E-state index < -0.39 is 11.5 Å². The number of nitrogens with zero attached hydrogens (tertiary/aromatic N) is 3. The highest BCUT2D eigenvalue weighted by molar-refractivity contribution is 7.10. The van der Waals surface area contributed by atoms with Crippen LogP contribution in [-0.4, -0.2) is 40.9 Å². The van der Waals surface area contributed by atoms with Crippen LogP contribution in [0.3, 0.4) is 0 Å². The van der Waals surface area contributed by atoms with Gasteiger partial charge in [-0.15, -0.1) is 11.3 Å². The number of carbonyl (C=O) groups is 1. The number of ether oxygens (including phenoxy) is 1. The molecule has 1 saturated heterocycles. The zero-order valence-corrected chi connectivity index (χ0v) is 19.1. The first-order valence-corrected chi connectivity index (χ1v) is 11.5. The molecule has 3 heterocycles. The van der Waals surface area contributed by atoms with Crippen molar-refractivity contribution in [3.63, 3.8) is 0 Å². The number of guanidine groups is 1. The van der Waals surface area contributed by atoms with Crippen LogP contribution in [0, 0.1) is 5.41 Å². The molecule has 1 amide bonds. The summed E-state index contributed by atoms with van der Waals surface area (Å²) in [5.41, 5.74) is 3.38. The molecule has 2 fully saturated rings. The van der Waals surface area contributed by atoms with Crippen molar-refractivity contribution in [2.45, 2.75) is 37.1 Å². The van der Waals surface area contributed by atoms with Gasteiger partial charge in [-0.3, -0.25) is 15.1 Å². The van der Waals surface area contributed by atoms with Gasteiger partial charge in [0, 0.05) is 29.9 Å². The van der Waals surface area contributed by atoms with E-state index in [1.54, 1.807) is 30.8 Å². The van der Waals surface area contributed by atoms with E-state index in [4.69, 9.17) is 10.1 Å². The first-order chi connectivity index (χ1) is 15.4. The molecule has 1 saturated carbocycles. The average molecular weight is 448 g/mol. The van der Waals surface area contributed by atoms with Gasteiger partial charge in [-0.25, -0.2) is 9.97 Å². The zero-order chi connectivity index (χ0) is 22.5. The fourth-order valence-electron chi connectivity index (χ4n) is 4.34. The molecule has 2 aromatic heterocycles.